The van der Waals surface area contributed by atoms with E-state index < -0.39 is 0 Å². The van der Waals surface area contributed by atoms with Crippen molar-refractivity contribution in [3.8, 4) is 6.19 Å². The van der Waals surface area contributed by atoms with Crippen LogP contribution in [0.1, 0.15) is 32.5 Å². The third kappa shape index (κ3) is 4.02. The number of aromatic amines is 1. The Morgan fingerprint density at radius 2 is 1.95 bits per heavy atom. The number of hydrogen-bond acceptors (Lipinski definition) is 2. The van der Waals surface area contributed by atoms with E-state index in [-0.39, 0.29) is 13.4 Å². The van der Waals surface area contributed by atoms with Crippen LogP contribution in [0.5, 0.6) is 0 Å². The summed E-state index contributed by atoms with van der Waals surface area (Å²) in [5.41, 5.74) is 9.56. The summed E-state index contributed by atoms with van der Waals surface area (Å²) < 4.78 is 0. The normalized spacial score (nSPS) is 10.1. The molecule has 5 nitrogen and oxygen atoms in total. The Hall–Kier alpha value is -2.48. The Morgan fingerprint density at radius 3 is 2.55 bits per heavy atom. The molecule has 5 heteroatoms. The first-order chi connectivity index (χ1) is 9.10. The summed E-state index contributed by atoms with van der Waals surface area (Å²) in [4.78, 5) is 7.40. The number of nitriles is 1. The molecule has 0 atom stereocenters. The van der Waals surface area contributed by atoms with Gasteiger partial charge in [-0.15, -0.1) is 0 Å². The van der Waals surface area contributed by atoms with Gasteiger partial charge in [-0.2, -0.15) is 5.26 Å². The standard InChI is InChI=1S/C12H13N5.C2H6.CH4/c1-7-3-10(17-12(14)15-6-13)5-9-4-8(2)16-11(7)9;1-2;/h3-5,16H,1-2H3,(H3,14,15,17);1-2H3;1H4. The van der Waals surface area contributed by atoms with Crippen molar-refractivity contribution in [2.24, 2.45) is 10.7 Å². The molecule has 0 aliphatic rings. The van der Waals surface area contributed by atoms with Gasteiger partial charge in [-0.05, 0) is 37.6 Å². The van der Waals surface area contributed by atoms with Crippen LogP contribution in [-0.2, 0) is 0 Å². The largest absolute Gasteiger partial charge is 0.369 e. The minimum Gasteiger partial charge on any atom is -0.369 e. The van der Waals surface area contributed by atoms with E-state index in [0.29, 0.717) is 0 Å². The molecule has 2 aromatic rings. The van der Waals surface area contributed by atoms with Gasteiger partial charge in [0.2, 0.25) is 5.96 Å². The third-order valence-corrected chi connectivity index (χ3v) is 2.48. The predicted molar refractivity (Wildman–Crippen MR) is 85.9 cm³/mol. The van der Waals surface area contributed by atoms with Crippen LogP contribution in [0.15, 0.2) is 23.2 Å². The van der Waals surface area contributed by atoms with Crippen molar-refractivity contribution in [2.75, 3.05) is 0 Å². The van der Waals surface area contributed by atoms with Gasteiger partial charge in [0.1, 0.15) is 0 Å². The molecule has 0 fully saturated rings. The van der Waals surface area contributed by atoms with E-state index in [2.05, 4.69) is 21.4 Å². The molecule has 0 saturated carbocycles. The first kappa shape index (κ1) is 17.5. The second-order valence-corrected chi connectivity index (χ2v) is 3.91. The van der Waals surface area contributed by atoms with E-state index in [0.717, 1.165) is 27.8 Å². The fraction of sp³-hybridized carbons (Fsp3) is 0.333. The zero-order chi connectivity index (χ0) is 14.4. The molecule has 0 saturated heterocycles. The summed E-state index contributed by atoms with van der Waals surface area (Å²) >= 11 is 0. The number of H-pyrrole nitrogens is 1. The molecular weight excluding hydrogens is 250 g/mol. The van der Waals surface area contributed by atoms with Gasteiger partial charge in [0.05, 0.1) is 5.69 Å². The summed E-state index contributed by atoms with van der Waals surface area (Å²) in [7, 11) is 0. The molecule has 108 valence electrons. The van der Waals surface area contributed by atoms with Gasteiger partial charge in [-0.25, -0.2) is 4.99 Å². The zero-order valence-electron chi connectivity index (χ0n) is 11.7. The quantitative estimate of drug-likeness (QED) is 0.321. The van der Waals surface area contributed by atoms with Gasteiger partial charge in [0.15, 0.2) is 6.19 Å². The maximum absolute atomic E-state index is 8.42. The number of hydrogen-bond donors (Lipinski definition) is 3. The van der Waals surface area contributed by atoms with Crippen LogP contribution in [0.2, 0.25) is 0 Å². The Bertz CT molecular complexity index is 631. The average Bonchev–Trinajstić information content (AvgIpc) is 2.73. The number of rotatable bonds is 1. The fourth-order valence-electron chi connectivity index (χ4n) is 1.83. The van der Waals surface area contributed by atoms with Gasteiger partial charge in [0, 0.05) is 16.6 Å². The van der Waals surface area contributed by atoms with Crippen LogP contribution in [0.25, 0.3) is 10.9 Å². The highest BCUT2D eigenvalue weighted by Gasteiger charge is 2.03. The molecule has 2 rings (SSSR count). The number of aliphatic imine (C=N–C) groups is 1. The van der Waals surface area contributed by atoms with Crippen molar-refractivity contribution in [1.29, 1.82) is 5.26 Å². The number of benzene rings is 1. The highest BCUT2D eigenvalue weighted by Crippen LogP contribution is 2.25. The second kappa shape index (κ2) is 7.85. The fourth-order valence-corrected chi connectivity index (χ4v) is 1.83. The molecule has 0 bridgehead atoms. The molecule has 4 N–H and O–H groups in total. The van der Waals surface area contributed by atoms with Crippen LogP contribution in [0.4, 0.5) is 5.69 Å². The molecular formula is C15H23N5. The minimum atomic E-state index is 0. The highest BCUT2D eigenvalue weighted by atomic mass is 15.1. The molecule has 0 amide bonds. The maximum Gasteiger partial charge on any atom is 0.207 e. The van der Waals surface area contributed by atoms with E-state index in [1.165, 1.54) is 0 Å². The lowest BCUT2D eigenvalue weighted by Crippen LogP contribution is -2.26. The van der Waals surface area contributed by atoms with Crippen molar-refractivity contribution >= 4 is 22.5 Å². The average molecular weight is 273 g/mol. The molecule has 0 spiro atoms. The van der Waals surface area contributed by atoms with Crippen molar-refractivity contribution in [1.82, 2.24) is 10.3 Å². The molecule has 1 heterocycles. The summed E-state index contributed by atoms with van der Waals surface area (Å²) in [5, 5.41) is 11.8. The third-order valence-electron chi connectivity index (χ3n) is 2.48. The number of nitrogens with one attached hydrogen (secondary N) is 2. The number of nitrogens with two attached hydrogens (primary N) is 1. The van der Waals surface area contributed by atoms with Crippen molar-refractivity contribution in [2.45, 2.75) is 35.1 Å². The number of guanidine groups is 1. The van der Waals surface area contributed by atoms with Crippen LogP contribution >= 0.6 is 0 Å². The molecule has 0 unspecified atom stereocenters. The lowest BCUT2D eigenvalue weighted by molar-refractivity contribution is 1.21. The Kier molecular flexibility index (Phi) is 6.87. The lowest BCUT2D eigenvalue weighted by atomic mass is 10.1. The molecule has 20 heavy (non-hydrogen) atoms. The summed E-state index contributed by atoms with van der Waals surface area (Å²) in [6.45, 7) is 8.01. The Morgan fingerprint density at radius 1 is 1.30 bits per heavy atom. The highest BCUT2D eigenvalue weighted by molar-refractivity contribution is 5.89. The van der Waals surface area contributed by atoms with E-state index in [9.17, 15) is 0 Å². The van der Waals surface area contributed by atoms with Crippen molar-refractivity contribution in [3.05, 3.63) is 29.5 Å². The van der Waals surface area contributed by atoms with Crippen LogP contribution in [0.3, 0.4) is 0 Å². The molecule has 1 aromatic heterocycles. The zero-order valence-corrected chi connectivity index (χ0v) is 11.7. The molecule has 0 aliphatic heterocycles. The summed E-state index contributed by atoms with van der Waals surface area (Å²) in [6.07, 6.45) is 1.73. The number of aromatic nitrogens is 1. The van der Waals surface area contributed by atoms with Gasteiger partial charge in [-0.3, -0.25) is 5.32 Å². The molecule has 0 aliphatic carbocycles. The second-order valence-electron chi connectivity index (χ2n) is 3.91. The Labute approximate surface area is 120 Å². The number of nitrogens with zero attached hydrogens (tertiary/aromatic N) is 2. The summed E-state index contributed by atoms with van der Waals surface area (Å²) in [5.74, 6) is 0.0958. The van der Waals surface area contributed by atoms with Gasteiger partial charge in [-0.1, -0.05) is 21.3 Å². The van der Waals surface area contributed by atoms with Crippen LogP contribution in [0, 0.1) is 25.3 Å². The first-order valence-corrected chi connectivity index (χ1v) is 6.19. The van der Waals surface area contributed by atoms with E-state index in [1.807, 2.05) is 39.8 Å². The van der Waals surface area contributed by atoms with E-state index >= 15 is 0 Å². The predicted octanol–water partition coefficient (Wildman–Crippen LogP) is 3.46. The van der Waals surface area contributed by atoms with Crippen LogP contribution < -0.4 is 11.1 Å². The number of aryl methyl sites for hydroxylation is 2. The van der Waals surface area contributed by atoms with E-state index in [4.69, 9.17) is 11.0 Å². The summed E-state index contributed by atoms with van der Waals surface area (Å²) in [6, 6.07) is 5.90. The van der Waals surface area contributed by atoms with Gasteiger partial charge >= 0.3 is 0 Å². The van der Waals surface area contributed by atoms with Crippen molar-refractivity contribution < 1.29 is 0 Å². The molecule has 0 radical (unpaired) electrons. The minimum absolute atomic E-state index is 0. The van der Waals surface area contributed by atoms with Crippen molar-refractivity contribution in [3.63, 3.8) is 0 Å². The first-order valence-electron chi connectivity index (χ1n) is 6.19. The van der Waals surface area contributed by atoms with Crippen LogP contribution in [-0.4, -0.2) is 10.9 Å². The van der Waals surface area contributed by atoms with Gasteiger partial charge in [0.25, 0.3) is 0 Å². The molecule has 1 aromatic carbocycles. The topological polar surface area (TPSA) is 90.0 Å². The Balaban J connectivity index is 0.00000115. The SMILES string of the molecule is C.CC.Cc1cc2cc(N=C(N)NC#N)cc(C)c2[nH]1. The smallest absolute Gasteiger partial charge is 0.207 e. The lowest BCUT2D eigenvalue weighted by Gasteiger charge is -2.01. The monoisotopic (exact) mass is 273 g/mol. The van der Waals surface area contributed by atoms with Gasteiger partial charge < -0.3 is 10.7 Å². The number of fused-ring (bicyclic) bond motifs is 1. The van der Waals surface area contributed by atoms with E-state index in [1.54, 1.807) is 6.19 Å². The maximum atomic E-state index is 8.42.